The number of fused-ring (bicyclic) bond motifs is 1. The molecule has 0 saturated carbocycles. The average molecular weight is 596 g/mol. The van der Waals surface area contributed by atoms with Crippen molar-refractivity contribution in [1.82, 2.24) is 14.9 Å². The first-order valence-corrected chi connectivity index (χ1v) is 14.1. The lowest BCUT2D eigenvalue weighted by Crippen LogP contribution is -2.61. The third kappa shape index (κ3) is 5.47. The molecule has 4 heterocycles. The number of benzene rings is 1. The summed E-state index contributed by atoms with van der Waals surface area (Å²) < 4.78 is 24.8. The van der Waals surface area contributed by atoms with Crippen molar-refractivity contribution in [2.24, 2.45) is 0 Å². The van der Waals surface area contributed by atoms with Crippen molar-refractivity contribution in [1.29, 1.82) is 0 Å². The van der Waals surface area contributed by atoms with Gasteiger partial charge < -0.3 is 24.2 Å². The van der Waals surface area contributed by atoms with Gasteiger partial charge in [-0.1, -0.05) is 31.5 Å². The predicted octanol–water partition coefficient (Wildman–Crippen LogP) is 5.16. The van der Waals surface area contributed by atoms with E-state index in [2.05, 4.69) is 23.7 Å². The van der Waals surface area contributed by atoms with E-state index in [-0.39, 0.29) is 29.0 Å². The highest BCUT2D eigenvalue weighted by Gasteiger charge is 2.42. The van der Waals surface area contributed by atoms with Crippen LogP contribution in [0.25, 0.3) is 0 Å². The van der Waals surface area contributed by atoms with Crippen LogP contribution in [0.15, 0.2) is 42.6 Å². The van der Waals surface area contributed by atoms with E-state index in [1.54, 1.807) is 12.3 Å². The summed E-state index contributed by atoms with van der Waals surface area (Å²) in [5.41, 5.74) is 2.23. The average Bonchev–Trinajstić information content (AvgIpc) is 3.22. The third-order valence-corrected chi connectivity index (χ3v) is 8.25. The highest BCUT2D eigenvalue weighted by molar-refractivity contribution is 6.30. The van der Waals surface area contributed by atoms with Gasteiger partial charge in [-0.05, 0) is 43.7 Å². The quantitative estimate of drug-likeness (QED) is 0.361. The number of ether oxygens (including phenoxy) is 2. The Morgan fingerprint density at radius 1 is 1.05 bits per heavy atom. The number of piperazine rings is 1. The Labute approximate surface area is 250 Å². The Balaban J connectivity index is 1.40. The summed E-state index contributed by atoms with van der Waals surface area (Å²) in [7, 11) is 2.88. The molecule has 1 aromatic carbocycles. The molecule has 0 bridgehead atoms. The van der Waals surface area contributed by atoms with Crippen molar-refractivity contribution in [3.63, 3.8) is 0 Å². The number of esters is 1. The number of hydrogen-bond donors (Lipinski definition) is 0. The molecule has 0 aliphatic carbocycles. The topological polar surface area (TPSA) is 88.1 Å². The number of methoxy groups -OCH3 is 2. The summed E-state index contributed by atoms with van der Waals surface area (Å²) in [6, 6.07) is 10.3. The van der Waals surface area contributed by atoms with Crippen LogP contribution in [-0.4, -0.2) is 72.7 Å². The van der Waals surface area contributed by atoms with Crippen LogP contribution in [0.2, 0.25) is 5.02 Å². The van der Waals surface area contributed by atoms with Crippen molar-refractivity contribution >= 4 is 40.7 Å². The number of aromatic nitrogens is 2. The summed E-state index contributed by atoms with van der Waals surface area (Å²) in [4.78, 5) is 41.1. The fourth-order valence-electron chi connectivity index (χ4n) is 5.74. The molecule has 0 unspecified atom stereocenters. The van der Waals surface area contributed by atoms with Crippen molar-refractivity contribution < 1.29 is 23.5 Å². The number of amides is 1. The summed E-state index contributed by atoms with van der Waals surface area (Å²) in [6.07, 6.45) is 1.85. The lowest BCUT2D eigenvalue weighted by molar-refractivity contribution is -0.139. The van der Waals surface area contributed by atoms with E-state index < -0.39 is 16.8 Å². The van der Waals surface area contributed by atoms with Gasteiger partial charge in [-0.2, -0.15) is 0 Å². The van der Waals surface area contributed by atoms with Crippen LogP contribution in [0.3, 0.4) is 0 Å². The lowest BCUT2D eigenvalue weighted by Gasteiger charge is -2.47. The summed E-state index contributed by atoms with van der Waals surface area (Å²) in [5.74, 6) is 0.103. The molecule has 0 radical (unpaired) electrons. The van der Waals surface area contributed by atoms with E-state index >= 15 is 0 Å². The van der Waals surface area contributed by atoms with E-state index in [1.165, 1.54) is 26.4 Å². The van der Waals surface area contributed by atoms with Gasteiger partial charge in [0.25, 0.3) is 5.91 Å². The minimum Gasteiger partial charge on any atom is -0.494 e. The fourth-order valence-corrected chi connectivity index (χ4v) is 5.86. The summed E-state index contributed by atoms with van der Waals surface area (Å²) >= 11 is 5.93. The Hall–Kier alpha value is -3.92. The van der Waals surface area contributed by atoms with Gasteiger partial charge in [0.15, 0.2) is 11.4 Å². The molecule has 2 aliphatic heterocycles. The van der Waals surface area contributed by atoms with Gasteiger partial charge >= 0.3 is 5.97 Å². The van der Waals surface area contributed by atoms with Gasteiger partial charge in [0.05, 0.1) is 42.6 Å². The number of carbonyl (C=O) groups excluding carboxylic acids is 2. The molecule has 2 aromatic heterocycles. The molecule has 1 amide bonds. The molecular formula is C31H35ClFN5O4. The molecule has 2 aliphatic rings. The van der Waals surface area contributed by atoms with Crippen LogP contribution in [0.5, 0.6) is 5.75 Å². The Morgan fingerprint density at radius 3 is 2.43 bits per heavy atom. The molecule has 1 saturated heterocycles. The van der Waals surface area contributed by atoms with Crippen molar-refractivity contribution in [3.8, 4) is 5.75 Å². The molecule has 11 heteroatoms. The predicted molar refractivity (Wildman–Crippen MR) is 160 cm³/mol. The molecule has 0 N–H and O–H groups in total. The van der Waals surface area contributed by atoms with E-state index in [9.17, 15) is 14.0 Å². The molecule has 5 rings (SSSR count). The largest absolute Gasteiger partial charge is 0.494 e. The number of nitrogens with zero attached hydrogens (tertiary/aromatic N) is 5. The summed E-state index contributed by atoms with van der Waals surface area (Å²) in [6.45, 7) is 10.3. The minimum absolute atomic E-state index is 0.0585. The van der Waals surface area contributed by atoms with Crippen LogP contribution in [0.1, 0.15) is 49.4 Å². The first kappa shape index (κ1) is 29.6. The second kappa shape index (κ2) is 11.1. The first-order chi connectivity index (χ1) is 19.8. The maximum atomic E-state index is 14.3. The normalized spacial score (nSPS) is 17.2. The van der Waals surface area contributed by atoms with E-state index in [0.717, 1.165) is 22.8 Å². The van der Waals surface area contributed by atoms with Crippen LogP contribution in [0.4, 0.5) is 21.6 Å². The maximum Gasteiger partial charge on any atom is 0.310 e. The number of pyridine rings is 2. The molecule has 42 heavy (non-hydrogen) atoms. The standard InChI is InChI=1S/C31H35ClFN5O4/c1-30(2)17-37(20-8-9-21(32)22(33)14-20)23-15-24(41-5)27(35-28(23)30)29(40)38-12-11-36(18-31(38,3)4)25-10-7-19(16-34-25)13-26(39)42-6/h7-10,14-16H,11-13,17-18H2,1-6H3. The zero-order chi connectivity index (χ0) is 30.4. The zero-order valence-electron chi connectivity index (χ0n) is 24.7. The van der Waals surface area contributed by atoms with Gasteiger partial charge in [0.1, 0.15) is 11.6 Å². The molecule has 9 nitrogen and oxygen atoms in total. The number of halogens is 2. The van der Waals surface area contributed by atoms with E-state index in [1.807, 2.05) is 41.8 Å². The molecule has 3 aromatic rings. The number of carbonyl (C=O) groups is 2. The first-order valence-electron chi connectivity index (χ1n) is 13.8. The zero-order valence-corrected chi connectivity index (χ0v) is 25.5. The Morgan fingerprint density at radius 2 is 1.81 bits per heavy atom. The number of hydrogen-bond acceptors (Lipinski definition) is 8. The second-order valence-corrected chi connectivity index (χ2v) is 12.4. The van der Waals surface area contributed by atoms with Crippen molar-refractivity contribution in [3.05, 3.63) is 70.4 Å². The van der Waals surface area contributed by atoms with Crippen LogP contribution in [0, 0.1) is 5.82 Å². The summed E-state index contributed by atoms with van der Waals surface area (Å²) in [5, 5.41) is 0.0585. The molecule has 222 valence electrons. The SMILES string of the molecule is COC(=O)Cc1ccc(N2CCN(C(=O)c3nc4c(cc3OC)N(c3ccc(Cl)c(F)c3)CC4(C)C)C(C)(C)C2)nc1. The molecular weight excluding hydrogens is 561 g/mol. The Kier molecular flexibility index (Phi) is 7.78. The molecule has 0 atom stereocenters. The van der Waals surface area contributed by atoms with Gasteiger partial charge in [-0.25, -0.2) is 14.4 Å². The minimum atomic E-state index is -0.546. The Bertz CT molecular complexity index is 1530. The third-order valence-electron chi connectivity index (χ3n) is 7.95. The van der Waals surface area contributed by atoms with Crippen molar-refractivity contribution in [2.45, 2.75) is 45.1 Å². The van der Waals surface area contributed by atoms with Gasteiger partial charge in [0.2, 0.25) is 0 Å². The highest BCUT2D eigenvalue weighted by atomic mass is 35.5. The monoisotopic (exact) mass is 595 g/mol. The van der Waals surface area contributed by atoms with Gasteiger partial charge in [0, 0.05) is 49.5 Å². The smallest absolute Gasteiger partial charge is 0.310 e. The van der Waals surface area contributed by atoms with E-state index in [4.69, 9.17) is 26.1 Å². The van der Waals surface area contributed by atoms with Crippen LogP contribution < -0.4 is 14.5 Å². The lowest BCUT2D eigenvalue weighted by atomic mass is 9.91. The fraction of sp³-hybridized carbons (Fsp3) is 0.419. The second-order valence-electron chi connectivity index (χ2n) is 11.9. The molecule has 0 spiro atoms. The van der Waals surface area contributed by atoms with Crippen LogP contribution >= 0.6 is 11.6 Å². The van der Waals surface area contributed by atoms with Crippen molar-refractivity contribution in [2.75, 3.05) is 50.2 Å². The van der Waals surface area contributed by atoms with E-state index in [0.29, 0.717) is 37.6 Å². The van der Waals surface area contributed by atoms with Crippen LogP contribution in [-0.2, 0) is 21.4 Å². The maximum absolute atomic E-state index is 14.3. The number of anilines is 3. The molecule has 1 fully saturated rings. The number of rotatable bonds is 6. The highest BCUT2D eigenvalue weighted by Crippen LogP contribution is 2.46. The van der Waals surface area contributed by atoms with Gasteiger partial charge in [-0.3, -0.25) is 9.59 Å². The van der Waals surface area contributed by atoms with Gasteiger partial charge in [-0.15, -0.1) is 0 Å².